The summed E-state index contributed by atoms with van der Waals surface area (Å²) >= 11 is 0. The van der Waals surface area contributed by atoms with Crippen molar-refractivity contribution in [1.29, 1.82) is 0 Å². The van der Waals surface area contributed by atoms with Gasteiger partial charge in [0.25, 0.3) is 11.7 Å². The lowest BCUT2D eigenvalue weighted by Crippen LogP contribution is -2.29. The van der Waals surface area contributed by atoms with Gasteiger partial charge in [-0.25, -0.2) is 0 Å². The number of ketones is 1. The van der Waals surface area contributed by atoms with E-state index in [0.717, 1.165) is 16.7 Å². The molecule has 0 spiro atoms. The summed E-state index contributed by atoms with van der Waals surface area (Å²) in [4.78, 5) is 28.5. The molecule has 202 valence electrons. The molecule has 4 aromatic carbocycles. The van der Waals surface area contributed by atoms with E-state index in [9.17, 15) is 14.7 Å². The molecule has 40 heavy (non-hydrogen) atoms. The van der Waals surface area contributed by atoms with Crippen LogP contribution < -0.4 is 14.4 Å². The zero-order valence-electron chi connectivity index (χ0n) is 22.8. The molecule has 0 saturated carbocycles. The molecule has 1 heterocycles. The van der Waals surface area contributed by atoms with Crippen molar-refractivity contribution in [1.82, 2.24) is 0 Å². The summed E-state index contributed by atoms with van der Waals surface area (Å²) in [5.41, 5.74) is 4.47. The first-order valence-corrected chi connectivity index (χ1v) is 13.3. The second-order valence-corrected chi connectivity index (χ2v) is 9.77. The summed E-state index contributed by atoms with van der Waals surface area (Å²) in [7, 11) is 0. The van der Waals surface area contributed by atoms with Crippen molar-refractivity contribution in [2.75, 3.05) is 11.5 Å². The monoisotopic (exact) mass is 533 g/mol. The predicted molar refractivity (Wildman–Crippen MR) is 156 cm³/mol. The second-order valence-electron chi connectivity index (χ2n) is 9.77. The van der Waals surface area contributed by atoms with Crippen molar-refractivity contribution in [3.05, 3.63) is 130 Å². The van der Waals surface area contributed by atoms with Crippen molar-refractivity contribution in [2.24, 2.45) is 0 Å². The summed E-state index contributed by atoms with van der Waals surface area (Å²) in [6.07, 6.45) is 0. The zero-order valence-corrected chi connectivity index (χ0v) is 22.8. The Bertz CT molecular complexity index is 1590. The van der Waals surface area contributed by atoms with Crippen molar-refractivity contribution >= 4 is 23.1 Å². The SMILES string of the molecule is CCOc1cccc(C2/C(=C(\O)c3ccc(OCc4ccccc4)c(C)c3)C(=O)C(=O)N2c2cccc(C)c2)c1. The number of hydrogen-bond donors (Lipinski definition) is 1. The quantitative estimate of drug-likeness (QED) is 0.151. The van der Waals surface area contributed by atoms with Crippen molar-refractivity contribution in [2.45, 2.75) is 33.4 Å². The number of nitrogens with zero attached hydrogens (tertiary/aromatic N) is 1. The van der Waals surface area contributed by atoms with Gasteiger partial charge in [0.15, 0.2) is 0 Å². The van der Waals surface area contributed by atoms with Crippen LogP contribution in [0.1, 0.15) is 40.8 Å². The molecule has 1 atom stereocenters. The van der Waals surface area contributed by atoms with Gasteiger partial charge in [-0.15, -0.1) is 0 Å². The molecule has 1 aliphatic rings. The maximum Gasteiger partial charge on any atom is 0.300 e. The Balaban J connectivity index is 1.57. The molecule has 0 bridgehead atoms. The van der Waals surface area contributed by atoms with Gasteiger partial charge < -0.3 is 14.6 Å². The first-order chi connectivity index (χ1) is 19.4. The number of benzene rings is 4. The fourth-order valence-electron chi connectivity index (χ4n) is 4.98. The van der Waals surface area contributed by atoms with Crippen LogP contribution in [0.5, 0.6) is 11.5 Å². The number of rotatable bonds is 8. The highest BCUT2D eigenvalue weighted by Gasteiger charge is 2.47. The Kier molecular flexibility index (Phi) is 7.69. The zero-order chi connectivity index (χ0) is 28.2. The van der Waals surface area contributed by atoms with Gasteiger partial charge in [0.2, 0.25) is 0 Å². The smallest absolute Gasteiger partial charge is 0.300 e. The van der Waals surface area contributed by atoms with Crippen LogP contribution in [0.25, 0.3) is 5.76 Å². The molecule has 4 aromatic rings. The van der Waals surface area contributed by atoms with Gasteiger partial charge >= 0.3 is 0 Å². The van der Waals surface area contributed by atoms with Crippen LogP contribution >= 0.6 is 0 Å². The highest BCUT2D eigenvalue weighted by Crippen LogP contribution is 2.43. The lowest BCUT2D eigenvalue weighted by atomic mass is 9.94. The number of carbonyl (C=O) groups excluding carboxylic acids is 2. The number of anilines is 1. The van der Waals surface area contributed by atoms with Gasteiger partial charge in [0.05, 0.1) is 18.2 Å². The molecule has 1 aliphatic heterocycles. The Morgan fingerprint density at radius 1 is 0.850 bits per heavy atom. The minimum atomic E-state index is -0.837. The lowest BCUT2D eigenvalue weighted by Gasteiger charge is -2.26. The Hall–Kier alpha value is -4.84. The van der Waals surface area contributed by atoms with Crippen LogP contribution in [0.4, 0.5) is 5.69 Å². The van der Waals surface area contributed by atoms with E-state index in [1.165, 1.54) is 4.90 Å². The lowest BCUT2D eigenvalue weighted by molar-refractivity contribution is -0.132. The van der Waals surface area contributed by atoms with E-state index in [-0.39, 0.29) is 11.3 Å². The van der Waals surface area contributed by atoms with Crippen molar-refractivity contribution in [3.8, 4) is 11.5 Å². The van der Waals surface area contributed by atoms with E-state index < -0.39 is 17.7 Å². The summed E-state index contributed by atoms with van der Waals surface area (Å²) in [5.74, 6) is -0.392. The second kappa shape index (κ2) is 11.5. The fourth-order valence-corrected chi connectivity index (χ4v) is 4.98. The minimum absolute atomic E-state index is 0.0255. The topological polar surface area (TPSA) is 76.1 Å². The van der Waals surface area contributed by atoms with Crippen LogP contribution in [0, 0.1) is 13.8 Å². The Morgan fingerprint density at radius 2 is 1.62 bits per heavy atom. The van der Waals surface area contributed by atoms with Crippen molar-refractivity contribution in [3.63, 3.8) is 0 Å². The number of ether oxygens (including phenoxy) is 2. The molecular weight excluding hydrogens is 502 g/mol. The summed E-state index contributed by atoms with van der Waals surface area (Å²) in [6.45, 7) is 6.58. The summed E-state index contributed by atoms with van der Waals surface area (Å²) in [6, 6.07) is 29.0. The first-order valence-electron chi connectivity index (χ1n) is 13.3. The minimum Gasteiger partial charge on any atom is -0.507 e. The Labute approximate surface area is 234 Å². The van der Waals surface area contributed by atoms with Gasteiger partial charge in [-0.3, -0.25) is 14.5 Å². The van der Waals surface area contributed by atoms with Crippen LogP contribution in [0.2, 0.25) is 0 Å². The van der Waals surface area contributed by atoms with Gasteiger partial charge in [-0.1, -0.05) is 54.6 Å². The van der Waals surface area contributed by atoms with E-state index in [0.29, 0.717) is 41.5 Å². The summed E-state index contributed by atoms with van der Waals surface area (Å²) in [5, 5.41) is 11.6. The highest BCUT2D eigenvalue weighted by molar-refractivity contribution is 6.51. The number of aliphatic hydroxyl groups excluding tert-OH is 1. The van der Waals surface area contributed by atoms with Gasteiger partial charge in [0, 0.05) is 11.3 Å². The van der Waals surface area contributed by atoms with Gasteiger partial charge in [0.1, 0.15) is 23.9 Å². The maximum absolute atomic E-state index is 13.5. The van der Waals surface area contributed by atoms with E-state index >= 15 is 0 Å². The largest absolute Gasteiger partial charge is 0.507 e. The average molecular weight is 534 g/mol. The molecule has 1 saturated heterocycles. The third-order valence-electron chi connectivity index (χ3n) is 6.89. The van der Waals surface area contributed by atoms with E-state index in [1.54, 1.807) is 24.3 Å². The number of amides is 1. The average Bonchev–Trinajstić information content (AvgIpc) is 3.23. The third-order valence-corrected chi connectivity index (χ3v) is 6.89. The van der Waals surface area contributed by atoms with Crippen LogP contribution in [-0.2, 0) is 16.2 Å². The molecule has 1 N–H and O–H groups in total. The molecule has 0 radical (unpaired) electrons. The molecule has 0 aromatic heterocycles. The molecule has 0 aliphatic carbocycles. The van der Waals surface area contributed by atoms with Gasteiger partial charge in [-0.05, 0) is 85.5 Å². The van der Waals surface area contributed by atoms with Crippen LogP contribution in [0.3, 0.4) is 0 Å². The van der Waals surface area contributed by atoms with Gasteiger partial charge in [-0.2, -0.15) is 0 Å². The molecule has 1 amide bonds. The molecular formula is C34H31NO5. The molecule has 1 unspecified atom stereocenters. The van der Waals surface area contributed by atoms with E-state index in [4.69, 9.17) is 9.47 Å². The highest BCUT2D eigenvalue weighted by atomic mass is 16.5. The van der Waals surface area contributed by atoms with E-state index in [1.807, 2.05) is 93.6 Å². The normalized spacial score (nSPS) is 16.3. The Morgan fingerprint density at radius 3 is 2.35 bits per heavy atom. The number of aliphatic hydroxyl groups is 1. The molecule has 5 rings (SSSR count). The predicted octanol–water partition coefficient (Wildman–Crippen LogP) is 6.91. The van der Waals surface area contributed by atoms with Crippen LogP contribution in [-0.4, -0.2) is 23.4 Å². The number of carbonyl (C=O) groups is 2. The summed E-state index contributed by atoms with van der Waals surface area (Å²) < 4.78 is 11.7. The van der Waals surface area contributed by atoms with Crippen molar-refractivity contribution < 1.29 is 24.2 Å². The van der Waals surface area contributed by atoms with Crippen LogP contribution in [0.15, 0.2) is 103 Å². The van der Waals surface area contributed by atoms with E-state index in [2.05, 4.69) is 0 Å². The first kappa shape index (κ1) is 26.8. The standard InChI is InChI=1S/C34H31NO5/c1-4-39-28-15-9-13-25(20-28)31-30(33(37)34(38)35(31)27-14-8-10-22(2)18-27)32(36)26-16-17-29(23(3)19-26)40-21-24-11-6-5-7-12-24/h5-20,31,36H,4,21H2,1-3H3/b32-30+. The molecule has 6 heteroatoms. The number of Topliss-reactive ketones (excluding diaryl/α,β-unsaturated/α-hetero) is 1. The maximum atomic E-state index is 13.5. The number of hydrogen-bond acceptors (Lipinski definition) is 5. The number of aryl methyl sites for hydroxylation is 2. The third kappa shape index (κ3) is 5.34. The molecule has 1 fully saturated rings. The molecule has 6 nitrogen and oxygen atoms in total. The fraction of sp³-hybridized carbons (Fsp3) is 0.176.